The molecule has 1 N–H and O–H groups in total. The highest BCUT2D eigenvalue weighted by molar-refractivity contribution is 5.57. The number of nitrogens with zero attached hydrogens (tertiary/aromatic N) is 2. The fourth-order valence-electron chi connectivity index (χ4n) is 1.35. The molecule has 0 radical (unpaired) electrons. The van der Waals surface area contributed by atoms with Crippen LogP contribution in [0.3, 0.4) is 0 Å². The Morgan fingerprint density at radius 1 is 1.43 bits per heavy atom. The second-order valence-electron chi connectivity index (χ2n) is 3.46. The molecule has 0 unspecified atom stereocenters. The van der Waals surface area contributed by atoms with Crippen molar-refractivity contribution in [3.8, 4) is 6.07 Å². The summed E-state index contributed by atoms with van der Waals surface area (Å²) in [5.41, 5.74) is 2.34. The van der Waals surface area contributed by atoms with Gasteiger partial charge in [-0.15, -0.1) is 0 Å². The topological polar surface area (TPSA) is 47.3 Å². The monoisotopic (exact) mass is 190 g/mol. The lowest BCUT2D eigenvalue weighted by atomic mass is 10.0. The summed E-state index contributed by atoms with van der Waals surface area (Å²) < 4.78 is 0. The normalized spacial score (nSPS) is 11.9. The Hall–Kier alpha value is -1.53. The maximum atomic E-state index is 9.51. The third kappa shape index (κ3) is 2.04. The third-order valence-electron chi connectivity index (χ3n) is 2.09. The minimum absolute atomic E-state index is 0.514. The maximum absolute atomic E-state index is 9.51. The summed E-state index contributed by atoms with van der Waals surface area (Å²) in [7, 11) is 3.78. The predicted molar refractivity (Wildman–Crippen MR) is 56.1 cm³/mol. The predicted octanol–water partition coefficient (Wildman–Crippen LogP) is 1.68. The lowest BCUT2D eigenvalue weighted by Crippen LogP contribution is -2.12. The molecule has 0 saturated carbocycles. The second-order valence-corrected chi connectivity index (χ2v) is 3.46. The molecular weight excluding hydrogens is 176 g/mol. The van der Waals surface area contributed by atoms with E-state index < -0.39 is 6.10 Å². The largest absolute Gasteiger partial charge is 0.389 e. The van der Waals surface area contributed by atoms with E-state index in [1.165, 1.54) is 0 Å². The maximum Gasteiger partial charge on any atom is 0.0992 e. The summed E-state index contributed by atoms with van der Waals surface area (Å²) in [4.78, 5) is 1.89. The first-order valence-corrected chi connectivity index (χ1v) is 4.45. The van der Waals surface area contributed by atoms with Crippen LogP contribution in [-0.4, -0.2) is 19.2 Å². The van der Waals surface area contributed by atoms with Crippen LogP contribution in [0.4, 0.5) is 5.69 Å². The first kappa shape index (κ1) is 10.6. The van der Waals surface area contributed by atoms with E-state index in [9.17, 15) is 5.11 Å². The Kier molecular flexibility index (Phi) is 3.10. The Morgan fingerprint density at radius 2 is 2.07 bits per heavy atom. The molecule has 3 nitrogen and oxygen atoms in total. The minimum Gasteiger partial charge on any atom is -0.389 e. The number of rotatable bonds is 2. The second kappa shape index (κ2) is 4.12. The highest BCUT2D eigenvalue weighted by atomic mass is 16.3. The van der Waals surface area contributed by atoms with Crippen molar-refractivity contribution in [3.05, 3.63) is 29.3 Å². The van der Waals surface area contributed by atoms with Crippen molar-refractivity contribution >= 4 is 5.69 Å². The first-order chi connectivity index (χ1) is 6.56. The van der Waals surface area contributed by atoms with Gasteiger partial charge < -0.3 is 10.0 Å². The van der Waals surface area contributed by atoms with E-state index in [1.54, 1.807) is 25.1 Å². The zero-order valence-corrected chi connectivity index (χ0v) is 8.65. The zero-order chi connectivity index (χ0) is 10.7. The van der Waals surface area contributed by atoms with Gasteiger partial charge in [0.25, 0.3) is 0 Å². The van der Waals surface area contributed by atoms with E-state index in [-0.39, 0.29) is 0 Å². The van der Waals surface area contributed by atoms with E-state index >= 15 is 0 Å². The van der Waals surface area contributed by atoms with Gasteiger partial charge in [0.1, 0.15) is 0 Å². The van der Waals surface area contributed by atoms with Gasteiger partial charge in [0.15, 0.2) is 0 Å². The molecule has 3 heteroatoms. The van der Waals surface area contributed by atoms with Gasteiger partial charge in [-0.05, 0) is 19.1 Å². The molecule has 0 amide bonds. The van der Waals surface area contributed by atoms with Crippen molar-refractivity contribution in [1.29, 1.82) is 5.26 Å². The summed E-state index contributed by atoms with van der Waals surface area (Å²) in [5.74, 6) is 0. The average Bonchev–Trinajstić information content (AvgIpc) is 2.16. The summed E-state index contributed by atoms with van der Waals surface area (Å²) in [5, 5.41) is 18.2. The fraction of sp³-hybridized carbons (Fsp3) is 0.364. The SMILES string of the molecule is C[C@H](O)c1ccc(C#N)cc1N(C)C. The van der Waals surface area contributed by atoms with Gasteiger partial charge in [-0.25, -0.2) is 0 Å². The molecule has 0 spiro atoms. The van der Waals surface area contributed by atoms with Crippen molar-refractivity contribution in [2.75, 3.05) is 19.0 Å². The van der Waals surface area contributed by atoms with E-state index in [2.05, 4.69) is 6.07 Å². The number of aliphatic hydroxyl groups excluding tert-OH is 1. The highest BCUT2D eigenvalue weighted by Crippen LogP contribution is 2.25. The Labute approximate surface area is 84.2 Å². The molecule has 0 aliphatic rings. The molecule has 0 aromatic heterocycles. The minimum atomic E-state index is -0.514. The van der Waals surface area contributed by atoms with Crippen molar-refractivity contribution < 1.29 is 5.11 Å². The molecule has 1 rings (SSSR count). The average molecular weight is 190 g/mol. The van der Waals surface area contributed by atoms with Gasteiger partial charge in [0.2, 0.25) is 0 Å². The number of hydrogen-bond donors (Lipinski definition) is 1. The van der Waals surface area contributed by atoms with Crippen molar-refractivity contribution in [1.82, 2.24) is 0 Å². The lowest BCUT2D eigenvalue weighted by molar-refractivity contribution is 0.199. The molecule has 0 fully saturated rings. The van der Waals surface area contributed by atoms with E-state index in [1.807, 2.05) is 19.0 Å². The molecule has 0 heterocycles. The molecule has 1 aromatic carbocycles. The van der Waals surface area contributed by atoms with Crippen LogP contribution in [0.15, 0.2) is 18.2 Å². The van der Waals surface area contributed by atoms with Gasteiger partial charge in [0, 0.05) is 25.3 Å². The van der Waals surface area contributed by atoms with E-state index in [0.717, 1.165) is 11.3 Å². The van der Waals surface area contributed by atoms with Crippen LogP contribution in [0.5, 0.6) is 0 Å². The molecule has 74 valence electrons. The molecule has 1 atom stereocenters. The van der Waals surface area contributed by atoms with Crippen molar-refractivity contribution in [2.24, 2.45) is 0 Å². The molecule has 0 bridgehead atoms. The van der Waals surface area contributed by atoms with Gasteiger partial charge >= 0.3 is 0 Å². The van der Waals surface area contributed by atoms with Gasteiger partial charge in [-0.1, -0.05) is 6.07 Å². The van der Waals surface area contributed by atoms with Crippen LogP contribution in [0.1, 0.15) is 24.2 Å². The lowest BCUT2D eigenvalue weighted by Gasteiger charge is -2.19. The number of anilines is 1. The number of aliphatic hydroxyl groups is 1. The third-order valence-corrected chi connectivity index (χ3v) is 2.09. The zero-order valence-electron chi connectivity index (χ0n) is 8.65. The van der Waals surface area contributed by atoms with Crippen LogP contribution >= 0.6 is 0 Å². The quantitative estimate of drug-likeness (QED) is 0.771. The number of hydrogen-bond acceptors (Lipinski definition) is 3. The Morgan fingerprint density at radius 3 is 2.50 bits per heavy atom. The van der Waals surface area contributed by atoms with Crippen LogP contribution in [0.25, 0.3) is 0 Å². The molecule has 0 aliphatic heterocycles. The number of benzene rings is 1. The molecule has 0 saturated heterocycles. The van der Waals surface area contributed by atoms with E-state index in [0.29, 0.717) is 5.56 Å². The Balaban J connectivity index is 3.26. The smallest absolute Gasteiger partial charge is 0.0992 e. The summed E-state index contributed by atoms with van der Waals surface area (Å²) in [6, 6.07) is 7.37. The van der Waals surface area contributed by atoms with Crippen LogP contribution in [-0.2, 0) is 0 Å². The van der Waals surface area contributed by atoms with Crippen LogP contribution in [0.2, 0.25) is 0 Å². The highest BCUT2D eigenvalue weighted by Gasteiger charge is 2.09. The summed E-state index contributed by atoms with van der Waals surface area (Å²) in [6.45, 7) is 1.72. The van der Waals surface area contributed by atoms with Crippen LogP contribution < -0.4 is 4.90 Å². The van der Waals surface area contributed by atoms with Crippen molar-refractivity contribution in [3.63, 3.8) is 0 Å². The van der Waals surface area contributed by atoms with Crippen LogP contribution in [0, 0.1) is 11.3 Å². The fourth-order valence-corrected chi connectivity index (χ4v) is 1.35. The van der Waals surface area contributed by atoms with Gasteiger partial charge in [-0.2, -0.15) is 5.26 Å². The molecule has 14 heavy (non-hydrogen) atoms. The van der Waals surface area contributed by atoms with E-state index in [4.69, 9.17) is 5.26 Å². The Bertz CT molecular complexity index is 364. The standard InChI is InChI=1S/C11H14N2O/c1-8(14)10-5-4-9(7-12)6-11(10)13(2)3/h4-6,8,14H,1-3H3/t8-/m0/s1. The number of nitriles is 1. The summed E-state index contributed by atoms with van der Waals surface area (Å²) >= 11 is 0. The van der Waals surface area contributed by atoms with Crippen molar-refractivity contribution in [2.45, 2.75) is 13.0 Å². The summed E-state index contributed by atoms with van der Waals surface area (Å²) in [6.07, 6.45) is -0.514. The van der Waals surface area contributed by atoms with Gasteiger partial charge in [-0.3, -0.25) is 0 Å². The molecular formula is C11H14N2O. The molecule has 1 aromatic rings. The van der Waals surface area contributed by atoms with Gasteiger partial charge in [0.05, 0.1) is 17.7 Å². The molecule has 0 aliphatic carbocycles. The first-order valence-electron chi connectivity index (χ1n) is 4.45.